The standard InChI is InChI=1S/C20H26O6/c1-10-6-14(21)7-11(2)9-16(25-19(23)20(5)13(4)26-20)17-12(3)18(22)24-15(17)8-10/h7-8,13-17,21H,3,6,9H2,1-2,4-5H3/b10-8-,11-7-/t13-,14-,15+,16+,17-,20-/m0/s1. The van der Waals surface area contributed by atoms with E-state index in [0.717, 1.165) is 11.1 Å². The zero-order valence-electron chi connectivity index (χ0n) is 15.7. The first kappa shape index (κ1) is 18.9. The number of hydrogen-bond acceptors (Lipinski definition) is 6. The maximum atomic E-state index is 12.6. The topological polar surface area (TPSA) is 85.4 Å². The van der Waals surface area contributed by atoms with Crippen LogP contribution >= 0.6 is 0 Å². The molecule has 142 valence electrons. The lowest BCUT2D eigenvalue weighted by Crippen LogP contribution is -2.37. The molecule has 6 heteroatoms. The zero-order valence-corrected chi connectivity index (χ0v) is 15.7. The molecule has 0 aromatic heterocycles. The molecule has 0 aromatic carbocycles. The fourth-order valence-electron chi connectivity index (χ4n) is 3.68. The summed E-state index contributed by atoms with van der Waals surface area (Å²) in [7, 11) is 0. The Morgan fingerprint density at radius 1 is 1.31 bits per heavy atom. The van der Waals surface area contributed by atoms with Crippen molar-refractivity contribution in [1.29, 1.82) is 0 Å². The van der Waals surface area contributed by atoms with Crippen LogP contribution in [0.4, 0.5) is 0 Å². The molecule has 0 spiro atoms. The number of carbonyl (C=O) groups excluding carboxylic acids is 2. The maximum absolute atomic E-state index is 12.6. The molecule has 0 saturated carbocycles. The number of aliphatic hydroxyl groups is 1. The number of rotatable bonds is 2. The lowest BCUT2D eigenvalue weighted by atomic mass is 9.85. The van der Waals surface area contributed by atoms with Crippen molar-refractivity contribution < 1.29 is 28.9 Å². The highest BCUT2D eigenvalue weighted by Crippen LogP contribution is 2.40. The fourth-order valence-corrected chi connectivity index (χ4v) is 3.68. The molecule has 1 N–H and O–H groups in total. The van der Waals surface area contributed by atoms with Gasteiger partial charge >= 0.3 is 11.9 Å². The Morgan fingerprint density at radius 2 is 1.92 bits per heavy atom. The first-order chi connectivity index (χ1) is 12.1. The van der Waals surface area contributed by atoms with Crippen LogP contribution in [0.5, 0.6) is 0 Å². The summed E-state index contributed by atoms with van der Waals surface area (Å²) in [5, 5.41) is 10.2. The van der Waals surface area contributed by atoms with Crippen molar-refractivity contribution in [3.63, 3.8) is 0 Å². The van der Waals surface area contributed by atoms with Crippen LogP contribution < -0.4 is 0 Å². The van der Waals surface area contributed by atoms with E-state index in [1.807, 2.05) is 26.8 Å². The van der Waals surface area contributed by atoms with Gasteiger partial charge in [-0.3, -0.25) is 0 Å². The average molecular weight is 362 g/mol. The number of ether oxygens (including phenoxy) is 3. The van der Waals surface area contributed by atoms with Crippen LogP contribution in [0.2, 0.25) is 0 Å². The van der Waals surface area contributed by atoms with Crippen molar-refractivity contribution >= 4 is 11.9 Å². The summed E-state index contributed by atoms with van der Waals surface area (Å²) in [6.45, 7) is 11.1. The lowest BCUT2D eigenvalue weighted by molar-refractivity contribution is -0.157. The van der Waals surface area contributed by atoms with Crippen LogP contribution in [-0.4, -0.2) is 47.1 Å². The molecule has 3 rings (SSSR count). The quantitative estimate of drug-likeness (QED) is 0.351. The third-order valence-corrected chi connectivity index (χ3v) is 5.45. The highest BCUT2D eigenvalue weighted by Gasteiger charge is 2.58. The van der Waals surface area contributed by atoms with Crippen molar-refractivity contribution in [2.45, 2.75) is 70.6 Å². The third kappa shape index (κ3) is 3.48. The summed E-state index contributed by atoms with van der Waals surface area (Å²) in [5.41, 5.74) is 1.14. The summed E-state index contributed by atoms with van der Waals surface area (Å²) >= 11 is 0. The van der Waals surface area contributed by atoms with Gasteiger partial charge < -0.3 is 19.3 Å². The molecular formula is C20H26O6. The smallest absolute Gasteiger partial charge is 0.341 e. The van der Waals surface area contributed by atoms with Crippen LogP contribution in [0.3, 0.4) is 0 Å². The van der Waals surface area contributed by atoms with Crippen LogP contribution in [0, 0.1) is 5.92 Å². The monoisotopic (exact) mass is 362 g/mol. The number of fused-ring (bicyclic) bond motifs is 1. The predicted molar refractivity (Wildman–Crippen MR) is 94.1 cm³/mol. The summed E-state index contributed by atoms with van der Waals surface area (Å²) in [4.78, 5) is 24.7. The Kier molecular flexibility index (Phi) is 4.84. The Bertz CT molecular complexity index is 705. The van der Waals surface area contributed by atoms with Crippen LogP contribution in [0.25, 0.3) is 0 Å². The molecule has 0 amide bonds. The van der Waals surface area contributed by atoms with Gasteiger partial charge in [-0.05, 0) is 40.2 Å². The molecular weight excluding hydrogens is 336 g/mol. The summed E-state index contributed by atoms with van der Waals surface area (Å²) < 4.78 is 16.6. The van der Waals surface area contributed by atoms with Gasteiger partial charge in [0.05, 0.1) is 18.1 Å². The van der Waals surface area contributed by atoms with E-state index in [-0.39, 0.29) is 6.10 Å². The second-order valence-electron chi connectivity index (χ2n) is 7.73. The van der Waals surface area contributed by atoms with E-state index in [4.69, 9.17) is 14.2 Å². The van der Waals surface area contributed by atoms with Gasteiger partial charge in [0.1, 0.15) is 12.2 Å². The molecule has 26 heavy (non-hydrogen) atoms. The van der Waals surface area contributed by atoms with Crippen molar-refractivity contribution in [1.82, 2.24) is 0 Å². The molecule has 0 bridgehead atoms. The van der Waals surface area contributed by atoms with E-state index in [2.05, 4.69) is 6.58 Å². The number of aliphatic hydroxyl groups excluding tert-OH is 1. The maximum Gasteiger partial charge on any atom is 0.341 e. The van der Waals surface area contributed by atoms with Crippen LogP contribution in [0.15, 0.2) is 35.5 Å². The van der Waals surface area contributed by atoms with Gasteiger partial charge in [0.2, 0.25) is 0 Å². The Balaban J connectivity index is 1.93. The Hall–Kier alpha value is -1.92. The number of epoxide rings is 1. The van der Waals surface area contributed by atoms with E-state index in [0.29, 0.717) is 18.4 Å². The largest absolute Gasteiger partial charge is 0.459 e. The molecule has 1 aliphatic carbocycles. The number of hydrogen-bond donors (Lipinski definition) is 1. The Morgan fingerprint density at radius 3 is 2.54 bits per heavy atom. The fraction of sp³-hybridized carbons (Fsp3) is 0.600. The highest BCUT2D eigenvalue weighted by atomic mass is 16.7. The summed E-state index contributed by atoms with van der Waals surface area (Å²) in [6.07, 6.45) is 2.41. The predicted octanol–water partition coefficient (Wildman–Crippen LogP) is 2.22. The van der Waals surface area contributed by atoms with E-state index in [1.165, 1.54) is 0 Å². The zero-order chi connectivity index (χ0) is 19.2. The molecule has 6 atom stereocenters. The van der Waals surface area contributed by atoms with E-state index in [1.54, 1.807) is 13.0 Å². The van der Waals surface area contributed by atoms with Gasteiger partial charge in [-0.1, -0.05) is 23.8 Å². The number of esters is 2. The van der Waals surface area contributed by atoms with Gasteiger partial charge in [0, 0.05) is 12.0 Å². The molecule has 0 radical (unpaired) electrons. The normalized spacial score (nSPS) is 44.1. The Labute approximate surface area is 153 Å². The van der Waals surface area contributed by atoms with Gasteiger partial charge in [-0.2, -0.15) is 0 Å². The van der Waals surface area contributed by atoms with Gasteiger partial charge in [0.15, 0.2) is 5.60 Å². The van der Waals surface area contributed by atoms with Crippen molar-refractivity contribution in [3.8, 4) is 0 Å². The lowest BCUT2D eigenvalue weighted by Gasteiger charge is -2.28. The highest BCUT2D eigenvalue weighted by molar-refractivity contribution is 5.91. The van der Waals surface area contributed by atoms with Crippen LogP contribution in [-0.2, 0) is 23.8 Å². The molecule has 2 saturated heterocycles. The van der Waals surface area contributed by atoms with Crippen molar-refractivity contribution in [2.24, 2.45) is 5.92 Å². The number of carbonyl (C=O) groups is 2. The van der Waals surface area contributed by atoms with E-state index in [9.17, 15) is 14.7 Å². The molecule has 0 aromatic rings. The first-order valence-electron chi connectivity index (χ1n) is 8.93. The molecule has 0 unspecified atom stereocenters. The second kappa shape index (κ2) is 6.67. The minimum atomic E-state index is -0.946. The first-order valence-corrected chi connectivity index (χ1v) is 8.93. The third-order valence-electron chi connectivity index (χ3n) is 5.45. The van der Waals surface area contributed by atoms with Crippen LogP contribution in [0.1, 0.15) is 40.5 Å². The summed E-state index contributed by atoms with van der Waals surface area (Å²) in [5.74, 6) is -1.39. The minimum absolute atomic E-state index is 0.199. The van der Waals surface area contributed by atoms with Crippen molar-refractivity contribution in [3.05, 3.63) is 35.5 Å². The van der Waals surface area contributed by atoms with E-state index < -0.39 is 41.8 Å². The van der Waals surface area contributed by atoms with E-state index >= 15 is 0 Å². The van der Waals surface area contributed by atoms with Gasteiger partial charge in [-0.25, -0.2) is 9.59 Å². The summed E-state index contributed by atoms with van der Waals surface area (Å²) in [6, 6.07) is 0. The molecule has 2 heterocycles. The van der Waals surface area contributed by atoms with Crippen molar-refractivity contribution in [2.75, 3.05) is 0 Å². The molecule has 3 aliphatic rings. The molecule has 2 aliphatic heterocycles. The molecule has 6 nitrogen and oxygen atoms in total. The molecule has 2 fully saturated rings. The second-order valence-corrected chi connectivity index (χ2v) is 7.73. The van der Waals surface area contributed by atoms with Gasteiger partial charge in [-0.15, -0.1) is 0 Å². The minimum Gasteiger partial charge on any atom is -0.459 e. The van der Waals surface area contributed by atoms with Gasteiger partial charge in [0.25, 0.3) is 0 Å². The average Bonchev–Trinajstić information content (AvgIpc) is 3.04. The SMILES string of the molecule is C=C1C(=O)O[C@@H]2/C=C(/C)C[C@H](O)/C=C(/C)C[C@@H](OC(=O)[C@@]3(C)O[C@H]3C)[C@@H]12.